The van der Waals surface area contributed by atoms with Gasteiger partial charge in [0.25, 0.3) is 0 Å². The molecule has 1 aliphatic heterocycles. The molecule has 3 aliphatic rings. The molecule has 0 spiro atoms. The van der Waals surface area contributed by atoms with Crippen molar-refractivity contribution >= 4 is 17.9 Å². The maximum Gasteiger partial charge on any atom is 0.331 e. The van der Waals surface area contributed by atoms with Gasteiger partial charge in [0.15, 0.2) is 0 Å². The van der Waals surface area contributed by atoms with Crippen LogP contribution >= 0.6 is 0 Å². The first-order valence-corrected chi connectivity index (χ1v) is 6.27. The molecule has 5 unspecified atom stereocenters. The smallest absolute Gasteiger partial charge is 0.331 e. The highest BCUT2D eigenvalue weighted by Gasteiger charge is 2.63. The second-order valence-corrected chi connectivity index (χ2v) is 5.16. The number of hydrogen-bond donors (Lipinski definition) is 0. The van der Waals surface area contributed by atoms with E-state index in [9.17, 15) is 14.4 Å². The van der Waals surface area contributed by atoms with Crippen LogP contribution in [-0.2, 0) is 28.6 Å². The molecule has 6 heteroatoms. The lowest BCUT2D eigenvalue weighted by atomic mass is 9.88. The predicted octanol–water partition coefficient (Wildman–Crippen LogP) is 0.209. The molecular weight excluding hydrogens is 252 g/mol. The summed E-state index contributed by atoms with van der Waals surface area (Å²) >= 11 is 0. The lowest BCUT2D eigenvalue weighted by Crippen LogP contribution is -2.35. The molecule has 3 rings (SSSR count). The van der Waals surface area contributed by atoms with E-state index in [0.717, 1.165) is 25.0 Å². The van der Waals surface area contributed by atoms with Gasteiger partial charge in [-0.05, 0) is 12.8 Å². The standard InChI is InChI=1S/C13H14O6/c1-17-9(14)2-3-10(15)18-11-6-4-7-8(5-6)13(16)19-12(7)11/h2-3,6-8,11-12H,4-5H2,1H3. The summed E-state index contributed by atoms with van der Waals surface area (Å²) in [6.07, 6.45) is 2.98. The third-order valence-corrected chi connectivity index (χ3v) is 4.22. The van der Waals surface area contributed by atoms with Gasteiger partial charge in [0.1, 0.15) is 12.2 Å². The average molecular weight is 266 g/mol. The SMILES string of the molecule is COC(=O)C=CC(=O)OC1C2CC3C(=O)OC1C3C2. The van der Waals surface area contributed by atoms with Crippen LogP contribution in [0, 0.1) is 17.8 Å². The van der Waals surface area contributed by atoms with Crippen LogP contribution in [-0.4, -0.2) is 37.2 Å². The molecule has 0 aromatic heterocycles. The highest BCUT2D eigenvalue weighted by atomic mass is 16.6. The van der Waals surface area contributed by atoms with E-state index in [-0.39, 0.29) is 35.9 Å². The largest absolute Gasteiger partial charge is 0.466 e. The van der Waals surface area contributed by atoms with Crippen LogP contribution in [0.1, 0.15) is 12.8 Å². The zero-order chi connectivity index (χ0) is 13.6. The fourth-order valence-electron chi connectivity index (χ4n) is 3.44. The van der Waals surface area contributed by atoms with Gasteiger partial charge in [-0.25, -0.2) is 9.59 Å². The fraction of sp³-hybridized carbons (Fsp3) is 0.615. The summed E-state index contributed by atoms with van der Waals surface area (Å²) in [6, 6.07) is 0. The lowest BCUT2D eigenvalue weighted by molar-refractivity contribution is -0.157. The van der Waals surface area contributed by atoms with Crippen LogP contribution in [0.25, 0.3) is 0 Å². The third kappa shape index (κ3) is 1.91. The van der Waals surface area contributed by atoms with E-state index in [4.69, 9.17) is 9.47 Å². The van der Waals surface area contributed by atoms with Gasteiger partial charge in [0.2, 0.25) is 0 Å². The summed E-state index contributed by atoms with van der Waals surface area (Å²) in [5, 5.41) is 0. The first-order valence-electron chi connectivity index (χ1n) is 6.27. The molecule has 102 valence electrons. The molecule has 0 aromatic rings. The van der Waals surface area contributed by atoms with Crippen molar-refractivity contribution in [2.75, 3.05) is 7.11 Å². The van der Waals surface area contributed by atoms with E-state index >= 15 is 0 Å². The van der Waals surface area contributed by atoms with Crippen molar-refractivity contribution in [3.63, 3.8) is 0 Å². The number of methoxy groups -OCH3 is 1. The zero-order valence-corrected chi connectivity index (χ0v) is 10.4. The van der Waals surface area contributed by atoms with Crippen molar-refractivity contribution in [1.29, 1.82) is 0 Å². The Kier molecular flexibility index (Phi) is 2.80. The monoisotopic (exact) mass is 266 g/mol. The van der Waals surface area contributed by atoms with Crippen LogP contribution < -0.4 is 0 Å². The van der Waals surface area contributed by atoms with E-state index in [1.807, 2.05) is 0 Å². The van der Waals surface area contributed by atoms with Gasteiger partial charge in [-0.15, -0.1) is 0 Å². The van der Waals surface area contributed by atoms with Crippen molar-refractivity contribution in [3.8, 4) is 0 Å². The second-order valence-electron chi connectivity index (χ2n) is 5.16. The van der Waals surface area contributed by atoms with Gasteiger partial charge in [0.05, 0.1) is 13.0 Å². The average Bonchev–Trinajstić information content (AvgIpc) is 3.00. The summed E-state index contributed by atoms with van der Waals surface area (Å²) < 4.78 is 15.0. The third-order valence-electron chi connectivity index (χ3n) is 4.22. The van der Waals surface area contributed by atoms with Gasteiger partial charge in [0, 0.05) is 24.0 Å². The highest BCUT2D eigenvalue weighted by Crippen LogP contribution is 2.55. The predicted molar refractivity (Wildman–Crippen MR) is 60.6 cm³/mol. The Hall–Kier alpha value is -1.85. The van der Waals surface area contributed by atoms with Crippen LogP contribution in [0.15, 0.2) is 12.2 Å². The Labute approximate surface area is 109 Å². The molecule has 1 saturated heterocycles. The summed E-state index contributed by atoms with van der Waals surface area (Å²) in [5.41, 5.74) is 0. The van der Waals surface area contributed by atoms with E-state index in [1.165, 1.54) is 7.11 Å². The van der Waals surface area contributed by atoms with Gasteiger partial charge >= 0.3 is 17.9 Å². The number of esters is 3. The summed E-state index contributed by atoms with van der Waals surface area (Å²) in [5.74, 6) is -1.00. The van der Waals surface area contributed by atoms with E-state index in [2.05, 4.69) is 4.74 Å². The molecule has 2 bridgehead atoms. The van der Waals surface area contributed by atoms with Crippen LogP contribution in [0.5, 0.6) is 0 Å². The number of carbonyl (C=O) groups is 3. The van der Waals surface area contributed by atoms with Gasteiger partial charge in [-0.2, -0.15) is 0 Å². The van der Waals surface area contributed by atoms with E-state index in [0.29, 0.717) is 0 Å². The first-order chi connectivity index (χ1) is 9.10. The maximum absolute atomic E-state index is 11.6. The Morgan fingerprint density at radius 1 is 1.26 bits per heavy atom. The minimum absolute atomic E-state index is 0.00411. The molecule has 5 atom stereocenters. The molecule has 19 heavy (non-hydrogen) atoms. The quantitative estimate of drug-likeness (QED) is 0.413. The number of ether oxygens (including phenoxy) is 3. The number of hydrogen-bond acceptors (Lipinski definition) is 6. The minimum Gasteiger partial charge on any atom is -0.466 e. The fourth-order valence-corrected chi connectivity index (χ4v) is 3.44. The molecule has 0 radical (unpaired) electrons. The minimum atomic E-state index is -0.614. The molecule has 0 aromatic carbocycles. The number of carbonyl (C=O) groups excluding carboxylic acids is 3. The van der Waals surface area contributed by atoms with Crippen LogP contribution in [0.3, 0.4) is 0 Å². The maximum atomic E-state index is 11.6. The van der Waals surface area contributed by atoms with Crippen LogP contribution in [0.2, 0.25) is 0 Å². The van der Waals surface area contributed by atoms with Gasteiger partial charge in [-0.3, -0.25) is 4.79 Å². The Bertz CT molecular complexity index is 468. The van der Waals surface area contributed by atoms with E-state index in [1.54, 1.807) is 0 Å². The molecular formula is C13H14O6. The Morgan fingerprint density at radius 3 is 2.74 bits per heavy atom. The van der Waals surface area contributed by atoms with Crippen molar-refractivity contribution < 1.29 is 28.6 Å². The summed E-state index contributed by atoms with van der Waals surface area (Å²) in [6.45, 7) is 0. The van der Waals surface area contributed by atoms with Crippen molar-refractivity contribution in [1.82, 2.24) is 0 Å². The molecule has 0 N–H and O–H groups in total. The summed E-state index contributed by atoms with van der Waals surface area (Å²) in [7, 11) is 1.23. The van der Waals surface area contributed by atoms with E-state index < -0.39 is 11.9 Å². The zero-order valence-electron chi connectivity index (χ0n) is 10.4. The molecule has 2 aliphatic carbocycles. The normalized spacial score (nSPS) is 38.6. The molecule has 1 heterocycles. The second kappa shape index (κ2) is 4.36. The Balaban J connectivity index is 1.63. The number of fused-ring (bicyclic) bond motifs is 1. The molecule has 2 saturated carbocycles. The topological polar surface area (TPSA) is 78.9 Å². The molecule has 0 amide bonds. The summed E-state index contributed by atoms with van der Waals surface area (Å²) in [4.78, 5) is 34.0. The van der Waals surface area contributed by atoms with Crippen molar-refractivity contribution in [2.24, 2.45) is 17.8 Å². The molecule has 3 fully saturated rings. The van der Waals surface area contributed by atoms with Crippen molar-refractivity contribution in [2.45, 2.75) is 25.0 Å². The van der Waals surface area contributed by atoms with Crippen molar-refractivity contribution in [3.05, 3.63) is 12.2 Å². The molecule has 6 nitrogen and oxygen atoms in total. The lowest BCUT2D eigenvalue weighted by Gasteiger charge is -2.24. The van der Waals surface area contributed by atoms with Gasteiger partial charge in [-0.1, -0.05) is 0 Å². The van der Waals surface area contributed by atoms with Crippen LogP contribution in [0.4, 0.5) is 0 Å². The highest BCUT2D eigenvalue weighted by molar-refractivity contribution is 5.91. The Morgan fingerprint density at radius 2 is 2.00 bits per heavy atom. The van der Waals surface area contributed by atoms with Gasteiger partial charge < -0.3 is 14.2 Å². The number of rotatable bonds is 3. The first kappa shape index (κ1) is 12.2.